The molecule has 1 aliphatic heterocycles. The predicted molar refractivity (Wildman–Crippen MR) is 56.0 cm³/mol. The molecule has 2 rings (SSSR count). The molecule has 0 saturated heterocycles. The van der Waals surface area contributed by atoms with Crippen LogP contribution in [0.4, 0.5) is 5.69 Å². The van der Waals surface area contributed by atoms with Crippen molar-refractivity contribution in [2.75, 3.05) is 26.0 Å². The lowest BCUT2D eigenvalue weighted by Gasteiger charge is -2.13. The van der Waals surface area contributed by atoms with Gasteiger partial charge in [0.25, 0.3) is 0 Å². The highest BCUT2D eigenvalue weighted by molar-refractivity contribution is 5.61. The molecule has 0 spiro atoms. The number of para-hydroxylation sites is 1. The predicted octanol–water partition coefficient (Wildman–Crippen LogP) is 1.72. The van der Waals surface area contributed by atoms with Crippen LogP contribution < -0.4 is 5.32 Å². The first-order chi connectivity index (χ1) is 6.27. The van der Waals surface area contributed by atoms with Crippen LogP contribution >= 0.6 is 0 Å². The molecule has 1 N–H and O–H groups in total. The van der Waals surface area contributed by atoms with Crippen LogP contribution in [0.25, 0.3) is 0 Å². The Hall–Kier alpha value is -1.02. The molecular weight excluding hydrogens is 160 g/mol. The molecule has 0 atom stereocenters. The number of hydrogen-bond donors (Lipinski definition) is 1. The molecule has 0 saturated carbocycles. The molecule has 0 radical (unpaired) electrons. The van der Waals surface area contributed by atoms with E-state index >= 15 is 0 Å². The first kappa shape index (κ1) is 8.57. The van der Waals surface area contributed by atoms with Gasteiger partial charge in [-0.25, -0.2) is 0 Å². The minimum Gasteiger partial charge on any atom is -0.384 e. The van der Waals surface area contributed by atoms with Crippen LogP contribution in [0.15, 0.2) is 18.2 Å². The van der Waals surface area contributed by atoms with E-state index in [1.807, 2.05) is 0 Å². The summed E-state index contributed by atoms with van der Waals surface area (Å²) in [6.07, 6.45) is 1.18. The third-order valence-electron chi connectivity index (χ3n) is 2.42. The largest absolute Gasteiger partial charge is 0.384 e. The normalized spacial score (nSPS) is 14.4. The van der Waals surface area contributed by atoms with Crippen LogP contribution in [0.2, 0.25) is 0 Å². The summed E-state index contributed by atoms with van der Waals surface area (Å²) < 4.78 is 0. The Kier molecular flexibility index (Phi) is 2.23. The zero-order valence-electron chi connectivity index (χ0n) is 8.30. The van der Waals surface area contributed by atoms with Gasteiger partial charge >= 0.3 is 0 Å². The molecule has 1 heterocycles. The van der Waals surface area contributed by atoms with E-state index in [0.29, 0.717) is 0 Å². The molecular formula is C11H16N2. The Labute approximate surface area is 79.6 Å². The molecule has 1 aromatic rings. The van der Waals surface area contributed by atoms with Crippen LogP contribution in [0.5, 0.6) is 0 Å². The van der Waals surface area contributed by atoms with E-state index in [1.165, 1.54) is 23.2 Å². The topological polar surface area (TPSA) is 15.3 Å². The van der Waals surface area contributed by atoms with Gasteiger partial charge in [-0.1, -0.05) is 18.2 Å². The van der Waals surface area contributed by atoms with Gasteiger partial charge in [-0.15, -0.1) is 0 Å². The van der Waals surface area contributed by atoms with Crippen LogP contribution in [-0.2, 0) is 13.0 Å². The zero-order valence-corrected chi connectivity index (χ0v) is 8.30. The van der Waals surface area contributed by atoms with Crippen molar-refractivity contribution in [2.24, 2.45) is 0 Å². The van der Waals surface area contributed by atoms with Gasteiger partial charge in [-0.3, -0.25) is 0 Å². The molecule has 13 heavy (non-hydrogen) atoms. The third kappa shape index (κ3) is 1.68. The second-order valence-electron chi connectivity index (χ2n) is 3.87. The minimum atomic E-state index is 1.02. The first-order valence-corrected chi connectivity index (χ1v) is 4.77. The highest BCUT2D eigenvalue weighted by Gasteiger charge is 2.13. The smallest absolute Gasteiger partial charge is 0.0419 e. The summed E-state index contributed by atoms with van der Waals surface area (Å²) in [5, 5.41) is 3.45. The van der Waals surface area contributed by atoms with Gasteiger partial charge in [-0.2, -0.15) is 0 Å². The van der Waals surface area contributed by atoms with Gasteiger partial charge in [0.2, 0.25) is 0 Å². The standard InChI is InChI=1S/C11H16N2/c1-13(2)8-10-5-3-4-9-6-7-12-11(9)10/h3-5,12H,6-8H2,1-2H3. The lowest BCUT2D eigenvalue weighted by molar-refractivity contribution is 0.403. The van der Waals surface area contributed by atoms with Crippen LogP contribution in [-0.4, -0.2) is 25.5 Å². The van der Waals surface area contributed by atoms with Crippen molar-refractivity contribution in [3.05, 3.63) is 29.3 Å². The van der Waals surface area contributed by atoms with Gasteiger partial charge < -0.3 is 10.2 Å². The number of rotatable bonds is 2. The molecule has 0 fully saturated rings. The second kappa shape index (κ2) is 3.38. The summed E-state index contributed by atoms with van der Waals surface area (Å²) in [5.41, 5.74) is 4.26. The average Bonchev–Trinajstić information content (AvgIpc) is 2.51. The van der Waals surface area contributed by atoms with Crippen molar-refractivity contribution in [3.63, 3.8) is 0 Å². The number of fused-ring (bicyclic) bond motifs is 1. The van der Waals surface area contributed by atoms with E-state index in [-0.39, 0.29) is 0 Å². The Bertz CT molecular complexity index is 305. The van der Waals surface area contributed by atoms with Crippen LogP contribution in [0.1, 0.15) is 11.1 Å². The monoisotopic (exact) mass is 176 g/mol. The Morgan fingerprint density at radius 1 is 1.38 bits per heavy atom. The van der Waals surface area contributed by atoms with E-state index in [2.05, 4.69) is 42.5 Å². The Morgan fingerprint density at radius 2 is 2.23 bits per heavy atom. The summed E-state index contributed by atoms with van der Waals surface area (Å²) in [7, 11) is 4.21. The summed E-state index contributed by atoms with van der Waals surface area (Å²) in [5.74, 6) is 0. The van der Waals surface area contributed by atoms with E-state index < -0.39 is 0 Å². The molecule has 70 valence electrons. The lowest BCUT2D eigenvalue weighted by atomic mass is 10.1. The van der Waals surface area contributed by atoms with E-state index in [0.717, 1.165) is 13.1 Å². The fourth-order valence-electron chi connectivity index (χ4n) is 1.88. The molecule has 0 aromatic heterocycles. The molecule has 0 aliphatic carbocycles. The first-order valence-electron chi connectivity index (χ1n) is 4.77. The van der Waals surface area contributed by atoms with Crippen molar-refractivity contribution in [3.8, 4) is 0 Å². The van der Waals surface area contributed by atoms with Gasteiger partial charge in [0.1, 0.15) is 0 Å². The number of anilines is 1. The van der Waals surface area contributed by atoms with Crippen molar-refractivity contribution >= 4 is 5.69 Å². The summed E-state index contributed by atoms with van der Waals surface area (Å²) in [4.78, 5) is 2.20. The highest BCUT2D eigenvalue weighted by atomic mass is 15.1. The summed E-state index contributed by atoms with van der Waals surface area (Å²) in [6, 6.07) is 6.58. The zero-order chi connectivity index (χ0) is 9.26. The third-order valence-corrected chi connectivity index (χ3v) is 2.42. The van der Waals surface area contributed by atoms with Gasteiger partial charge in [0, 0.05) is 18.8 Å². The fraction of sp³-hybridized carbons (Fsp3) is 0.455. The number of nitrogens with zero attached hydrogens (tertiary/aromatic N) is 1. The van der Waals surface area contributed by atoms with E-state index in [4.69, 9.17) is 0 Å². The summed E-state index contributed by atoms with van der Waals surface area (Å²) in [6.45, 7) is 2.12. The highest BCUT2D eigenvalue weighted by Crippen LogP contribution is 2.26. The second-order valence-corrected chi connectivity index (χ2v) is 3.87. The summed E-state index contributed by atoms with van der Waals surface area (Å²) >= 11 is 0. The fourth-order valence-corrected chi connectivity index (χ4v) is 1.88. The van der Waals surface area contributed by atoms with E-state index in [1.54, 1.807) is 0 Å². The average molecular weight is 176 g/mol. The van der Waals surface area contributed by atoms with Gasteiger partial charge in [0.05, 0.1) is 0 Å². The molecule has 2 nitrogen and oxygen atoms in total. The quantitative estimate of drug-likeness (QED) is 0.738. The van der Waals surface area contributed by atoms with Crippen LogP contribution in [0.3, 0.4) is 0 Å². The van der Waals surface area contributed by atoms with E-state index in [9.17, 15) is 0 Å². The number of benzene rings is 1. The molecule has 1 aromatic carbocycles. The number of nitrogens with one attached hydrogen (secondary N) is 1. The van der Waals surface area contributed by atoms with Crippen molar-refractivity contribution in [1.82, 2.24) is 4.90 Å². The van der Waals surface area contributed by atoms with Crippen molar-refractivity contribution in [2.45, 2.75) is 13.0 Å². The van der Waals surface area contributed by atoms with Crippen molar-refractivity contribution in [1.29, 1.82) is 0 Å². The molecule has 0 unspecified atom stereocenters. The van der Waals surface area contributed by atoms with Crippen molar-refractivity contribution < 1.29 is 0 Å². The maximum Gasteiger partial charge on any atom is 0.0419 e. The molecule has 0 bridgehead atoms. The SMILES string of the molecule is CN(C)Cc1cccc2c1NCC2. The Morgan fingerprint density at radius 3 is 3.00 bits per heavy atom. The number of hydrogen-bond acceptors (Lipinski definition) is 2. The minimum absolute atomic E-state index is 1.02. The lowest BCUT2D eigenvalue weighted by Crippen LogP contribution is -2.11. The molecule has 0 amide bonds. The maximum absolute atomic E-state index is 3.45. The molecule has 1 aliphatic rings. The molecule has 2 heteroatoms. The maximum atomic E-state index is 3.45. The Balaban J connectivity index is 2.30. The van der Waals surface area contributed by atoms with Gasteiger partial charge in [-0.05, 0) is 31.6 Å². The van der Waals surface area contributed by atoms with Crippen LogP contribution in [0, 0.1) is 0 Å². The van der Waals surface area contributed by atoms with Gasteiger partial charge in [0.15, 0.2) is 0 Å².